The zero-order valence-electron chi connectivity index (χ0n) is 25.1. The van der Waals surface area contributed by atoms with E-state index < -0.39 is 6.04 Å². The molecule has 4 aromatic rings. The summed E-state index contributed by atoms with van der Waals surface area (Å²) in [5.41, 5.74) is 2.74. The SMILES string of the molecule is COc1ccc(CN(C(=O)COc2ccccc2Cl)[C@@H](Cc2ccccc2)C(=O)NCCc2ccc(OC)c(OC)c2)cc1. The Kier molecular flexibility index (Phi) is 11.9. The molecule has 0 spiro atoms. The Morgan fingerprint density at radius 2 is 1.43 bits per heavy atom. The molecule has 2 amide bonds. The molecule has 8 nitrogen and oxygen atoms in total. The Morgan fingerprint density at radius 1 is 0.750 bits per heavy atom. The van der Waals surface area contributed by atoms with Crippen molar-refractivity contribution >= 4 is 23.4 Å². The number of benzene rings is 4. The molecule has 4 aromatic carbocycles. The van der Waals surface area contributed by atoms with E-state index in [9.17, 15) is 9.59 Å². The third kappa shape index (κ3) is 8.91. The number of carbonyl (C=O) groups excluding carboxylic acids is 2. The van der Waals surface area contributed by atoms with Crippen LogP contribution in [-0.2, 0) is 29.0 Å². The second-order valence-corrected chi connectivity index (χ2v) is 10.4. The number of ether oxygens (including phenoxy) is 4. The number of nitrogens with one attached hydrogen (secondary N) is 1. The van der Waals surface area contributed by atoms with Gasteiger partial charge in [0.1, 0.15) is 17.5 Å². The Hall–Kier alpha value is -4.69. The van der Waals surface area contributed by atoms with Crippen molar-refractivity contribution < 1.29 is 28.5 Å². The average Bonchev–Trinajstić information content (AvgIpc) is 3.06. The van der Waals surface area contributed by atoms with E-state index >= 15 is 0 Å². The van der Waals surface area contributed by atoms with Gasteiger partial charge in [-0.05, 0) is 59.5 Å². The van der Waals surface area contributed by atoms with Gasteiger partial charge in [0.25, 0.3) is 5.91 Å². The molecule has 0 fully saturated rings. The predicted molar refractivity (Wildman–Crippen MR) is 171 cm³/mol. The van der Waals surface area contributed by atoms with Crippen LogP contribution in [0.1, 0.15) is 16.7 Å². The lowest BCUT2D eigenvalue weighted by molar-refractivity contribution is -0.142. The van der Waals surface area contributed by atoms with E-state index in [4.69, 9.17) is 30.5 Å². The van der Waals surface area contributed by atoms with Gasteiger partial charge in [-0.25, -0.2) is 0 Å². The maximum Gasteiger partial charge on any atom is 0.261 e. The summed E-state index contributed by atoms with van der Waals surface area (Å²) < 4.78 is 21.9. The molecule has 9 heteroatoms. The van der Waals surface area contributed by atoms with Gasteiger partial charge in [0.2, 0.25) is 5.91 Å². The van der Waals surface area contributed by atoms with Gasteiger partial charge in [-0.1, -0.05) is 72.3 Å². The second kappa shape index (κ2) is 16.2. The van der Waals surface area contributed by atoms with Crippen molar-refractivity contribution in [3.63, 3.8) is 0 Å². The first-order chi connectivity index (χ1) is 21.4. The van der Waals surface area contributed by atoms with Crippen molar-refractivity contribution in [2.75, 3.05) is 34.5 Å². The lowest BCUT2D eigenvalue weighted by Gasteiger charge is -2.31. The standard InChI is InChI=1S/C35H37ClN2O6/c1-41-28-16-13-27(14-17-28)23-38(34(39)24-44-31-12-8-7-11-29(31)36)30(21-25-9-5-4-6-10-25)35(40)37-20-19-26-15-18-32(42-2)33(22-26)43-3/h4-18,22,30H,19-21,23-24H2,1-3H3,(H,37,40)/t30-/m0/s1. The van der Waals surface area contributed by atoms with E-state index in [0.29, 0.717) is 47.4 Å². The number of methoxy groups -OCH3 is 3. The van der Waals surface area contributed by atoms with E-state index in [1.807, 2.05) is 72.8 Å². The van der Waals surface area contributed by atoms with Gasteiger partial charge in [-0.3, -0.25) is 9.59 Å². The van der Waals surface area contributed by atoms with Crippen LogP contribution < -0.4 is 24.3 Å². The summed E-state index contributed by atoms with van der Waals surface area (Å²) in [4.78, 5) is 29.3. The number of nitrogens with zero attached hydrogens (tertiary/aromatic N) is 1. The van der Waals surface area contributed by atoms with Crippen molar-refractivity contribution in [1.82, 2.24) is 10.2 Å². The molecule has 0 saturated carbocycles. The fourth-order valence-corrected chi connectivity index (χ4v) is 4.94. The molecular weight excluding hydrogens is 580 g/mol. The van der Waals surface area contributed by atoms with Crippen molar-refractivity contribution in [1.29, 1.82) is 0 Å². The summed E-state index contributed by atoms with van der Waals surface area (Å²) in [5.74, 6) is 1.72. The molecule has 230 valence electrons. The molecule has 0 radical (unpaired) electrons. The molecule has 4 rings (SSSR count). The summed E-state index contributed by atoms with van der Waals surface area (Å²) in [7, 11) is 4.77. The molecular formula is C35H37ClN2O6. The normalized spacial score (nSPS) is 11.3. The monoisotopic (exact) mass is 616 g/mol. The fourth-order valence-electron chi connectivity index (χ4n) is 4.75. The van der Waals surface area contributed by atoms with Gasteiger partial charge in [-0.2, -0.15) is 0 Å². The zero-order chi connectivity index (χ0) is 31.3. The lowest BCUT2D eigenvalue weighted by atomic mass is 10.0. The Labute approximate surface area is 263 Å². The molecule has 0 aliphatic heterocycles. The van der Waals surface area contributed by atoms with E-state index in [1.165, 1.54) is 0 Å². The van der Waals surface area contributed by atoms with Crippen molar-refractivity contribution in [2.24, 2.45) is 0 Å². The number of hydrogen-bond donors (Lipinski definition) is 1. The number of rotatable bonds is 15. The maximum atomic E-state index is 13.9. The number of amides is 2. The van der Waals surface area contributed by atoms with Crippen molar-refractivity contribution in [2.45, 2.75) is 25.4 Å². The van der Waals surface area contributed by atoms with Crippen LogP contribution in [0, 0.1) is 0 Å². The number of halogens is 1. The largest absolute Gasteiger partial charge is 0.497 e. The van der Waals surface area contributed by atoms with Crippen molar-refractivity contribution in [3.05, 3.63) is 119 Å². The number of carbonyl (C=O) groups is 2. The van der Waals surface area contributed by atoms with E-state index in [0.717, 1.165) is 16.7 Å². The molecule has 0 heterocycles. The molecule has 0 saturated heterocycles. The lowest BCUT2D eigenvalue weighted by Crippen LogP contribution is -2.52. The van der Waals surface area contributed by atoms with Crippen LogP contribution in [0.4, 0.5) is 0 Å². The third-order valence-electron chi connectivity index (χ3n) is 7.13. The molecule has 0 unspecified atom stereocenters. The second-order valence-electron chi connectivity index (χ2n) is 10.0. The van der Waals surface area contributed by atoms with Gasteiger partial charge >= 0.3 is 0 Å². The summed E-state index contributed by atoms with van der Waals surface area (Å²) >= 11 is 6.27. The maximum absolute atomic E-state index is 13.9. The minimum Gasteiger partial charge on any atom is -0.497 e. The quantitative estimate of drug-likeness (QED) is 0.183. The van der Waals surface area contributed by atoms with Gasteiger partial charge in [0.15, 0.2) is 18.1 Å². The van der Waals surface area contributed by atoms with Crippen LogP contribution in [0.25, 0.3) is 0 Å². The third-order valence-corrected chi connectivity index (χ3v) is 7.44. The highest BCUT2D eigenvalue weighted by Crippen LogP contribution is 2.28. The fraction of sp³-hybridized carbons (Fsp3) is 0.257. The van der Waals surface area contributed by atoms with Crippen LogP contribution in [0.5, 0.6) is 23.0 Å². The van der Waals surface area contributed by atoms with Gasteiger partial charge in [-0.15, -0.1) is 0 Å². The topological polar surface area (TPSA) is 86.3 Å². The molecule has 0 bridgehead atoms. The molecule has 1 atom stereocenters. The highest BCUT2D eigenvalue weighted by atomic mass is 35.5. The molecule has 0 aromatic heterocycles. The first kappa shape index (κ1) is 32.2. The van der Waals surface area contributed by atoms with Gasteiger partial charge in [0, 0.05) is 19.5 Å². The van der Waals surface area contributed by atoms with Crippen LogP contribution >= 0.6 is 11.6 Å². The van der Waals surface area contributed by atoms with E-state index in [1.54, 1.807) is 50.5 Å². The number of para-hydroxylation sites is 1. The van der Waals surface area contributed by atoms with Crippen LogP contribution in [0.2, 0.25) is 5.02 Å². The van der Waals surface area contributed by atoms with E-state index in [2.05, 4.69) is 5.32 Å². The Balaban J connectivity index is 1.57. The summed E-state index contributed by atoms with van der Waals surface area (Å²) in [6.07, 6.45) is 0.878. The van der Waals surface area contributed by atoms with E-state index in [-0.39, 0.29) is 25.0 Å². The Bertz CT molecular complexity index is 1510. The van der Waals surface area contributed by atoms with Crippen LogP contribution in [0.15, 0.2) is 97.1 Å². The highest BCUT2D eigenvalue weighted by Gasteiger charge is 2.30. The predicted octanol–water partition coefficient (Wildman–Crippen LogP) is 5.74. The minimum atomic E-state index is -0.813. The summed E-state index contributed by atoms with van der Waals surface area (Å²) in [6.45, 7) is 0.264. The molecule has 0 aliphatic carbocycles. The molecule has 0 aliphatic rings. The first-order valence-corrected chi connectivity index (χ1v) is 14.6. The van der Waals surface area contributed by atoms with Crippen LogP contribution in [0.3, 0.4) is 0 Å². The summed E-state index contributed by atoms with van der Waals surface area (Å²) in [5, 5.41) is 3.45. The highest BCUT2D eigenvalue weighted by molar-refractivity contribution is 6.32. The van der Waals surface area contributed by atoms with Gasteiger partial charge < -0.3 is 29.2 Å². The van der Waals surface area contributed by atoms with Crippen molar-refractivity contribution in [3.8, 4) is 23.0 Å². The smallest absolute Gasteiger partial charge is 0.261 e. The Morgan fingerprint density at radius 3 is 2.11 bits per heavy atom. The molecule has 44 heavy (non-hydrogen) atoms. The van der Waals surface area contributed by atoms with Crippen LogP contribution in [-0.4, -0.2) is 57.2 Å². The summed E-state index contributed by atoms with van der Waals surface area (Å²) in [6, 6.07) is 28.8. The average molecular weight is 617 g/mol. The molecule has 1 N–H and O–H groups in total. The zero-order valence-corrected chi connectivity index (χ0v) is 25.9. The first-order valence-electron chi connectivity index (χ1n) is 14.2. The minimum absolute atomic E-state index is 0.190. The number of hydrogen-bond acceptors (Lipinski definition) is 6. The van der Waals surface area contributed by atoms with Gasteiger partial charge in [0.05, 0.1) is 26.4 Å².